The molecule has 2 N–H and O–H groups in total. The molecule has 2 aromatic rings. The molecule has 7 heteroatoms. The van der Waals surface area contributed by atoms with E-state index >= 15 is 0 Å². The molecule has 128 valence electrons. The highest BCUT2D eigenvalue weighted by Crippen LogP contribution is 2.32. The van der Waals surface area contributed by atoms with Gasteiger partial charge in [0.2, 0.25) is 0 Å². The Labute approximate surface area is 151 Å². The van der Waals surface area contributed by atoms with E-state index < -0.39 is 0 Å². The monoisotopic (exact) mass is 364 g/mol. The number of anilines is 1. The Morgan fingerprint density at radius 3 is 2.46 bits per heavy atom. The number of thiophene rings is 1. The molecule has 1 heterocycles. The molecular formula is C17H20N2O3S2. The lowest BCUT2D eigenvalue weighted by atomic mass is 10.1. The van der Waals surface area contributed by atoms with Crippen LogP contribution in [0.2, 0.25) is 0 Å². The van der Waals surface area contributed by atoms with Crippen molar-refractivity contribution in [3.05, 3.63) is 45.8 Å². The Bertz CT molecular complexity index is 739. The first-order chi connectivity index (χ1) is 11.5. The number of aryl methyl sites for hydroxylation is 1. The van der Waals surface area contributed by atoms with Crippen LogP contribution in [0.5, 0.6) is 5.75 Å². The Balaban J connectivity index is 2.02. The third-order valence-corrected chi connectivity index (χ3v) is 4.98. The lowest BCUT2D eigenvalue weighted by molar-refractivity contribution is 0.0601. The maximum Gasteiger partial charge on any atom is 0.341 e. The molecule has 0 spiro atoms. The minimum atomic E-state index is -0.364. The first kappa shape index (κ1) is 18.2. The lowest BCUT2D eigenvalue weighted by Gasteiger charge is -2.11. The van der Waals surface area contributed by atoms with Crippen molar-refractivity contribution in [1.29, 1.82) is 0 Å². The zero-order valence-electron chi connectivity index (χ0n) is 14.1. The third-order valence-electron chi connectivity index (χ3n) is 3.61. The summed E-state index contributed by atoms with van der Waals surface area (Å²) < 4.78 is 9.99. The number of methoxy groups -OCH3 is 2. The first-order valence-corrected chi connectivity index (χ1v) is 8.54. The molecule has 0 radical (unpaired) electrons. The summed E-state index contributed by atoms with van der Waals surface area (Å²) in [4.78, 5) is 13.0. The van der Waals surface area contributed by atoms with Gasteiger partial charge in [-0.05, 0) is 49.3 Å². The fourth-order valence-corrected chi connectivity index (χ4v) is 3.43. The summed E-state index contributed by atoms with van der Waals surface area (Å²) in [7, 11) is 3.01. The molecule has 0 amide bonds. The Morgan fingerprint density at radius 2 is 1.88 bits per heavy atom. The number of carbonyl (C=O) groups excluding carboxylic acids is 1. The maximum atomic E-state index is 12.0. The van der Waals surface area contributed by atoms with Crippen molar-refractivity contribution in [3.8, 4) is 5.75 Å². The molecule has 0 aliphatic rings. The summed E-state index contributed by atoms with van der Waals surface area (Å²) in [5.74, 6) is 0.448. The number of benzene rings is 1. The predicted molar refractivity (Wildman–Crippen MR) is 101 cm³/mol. The molecule has 0 aliphatic heterocycles. The molecule has 0 saturated carbocycles. The molecule has 2 rings (SSSR count). The summed E-state index contributed by atoms with van der Waals surface area (Å²) in [5, 5.41) is 7.38. The van der Waals surface area contributed by atoms with Gasteiger partial charge in [-0.2, -0.15) is 0 Å². The number of esters is 1. The van der Waals surface area contributed by atoms with E-state index in [4.69, 9.17) is 21.7 Å². The van der Waals surface area contributed by atoms with Crippen LogP contribution in [0, 0.1) is 13.8 Å². The van der Waals surface area contributed by atoms with Crippen LogP contribution in [-0.2, 0) is 11.3 Å². The van der Waals surface area contributed by atoms with Gasteiger partial charge in [-0.25, -0.2) is 4.79 Å². The van der Waals surface area contributed by atoms with Gasteiger partial charge < -0.3 is 20.1 Å². The Hall–Kier alpha value is -2.12. The van der Waals surface area contributed by atoms with Gasteiger partial charge >= 0.3 is 5.97 Å². The van der Waals surface area contributed by atoms with Crippen molar-refractivity contribution >= 4 is 39.6 Å². The van der Waals surface area contributed by atoms with Crippen LogP contribution >= 0.6 is 23.6 Å². The normalized spacial score (nSPS) is 10.2. The second kappa shape index (κ2) is 8.12. The Morgan fingerprint density at radius 1 is 1.21 bits per heavy atom. The smallest absolute Gasteiger partial charge is 0.341 e. The van der Waals surface area contributed by atoms with E-state index in [9.17, 15) is 4.79 Å². The van der Waals surface area contributed by atoms with Gasteiger partial charge in [0.25, 0.3) is 0 Å². The van der Waals surface area contributed by atoms with E-state index in [2.05, 4.69) is 10.6 Å². The van der Waals surface area contributed by atoms with Gasteiger partial charge in [-0.3, -0.25) is 0 Å². The van der Waals surface area contributed by atoms with E-state index in [1.807, 2.05) is 38.1 Å². The number of ether oxygens (including phenoxy) is 2. The number of thiocarbonyl (C=S) groups is 1. The van der Waals surface area contributed by atoms with Crippen LogP contribution in [0.3, 0.4) is 0 Å². The van der Waals surface area contributed by atoms with Gasteiger partial charge in [-0.15, -0.1) is 11.3 Å². The molecule has 0 fully saturated rings. The van der Waals surface area contributed by atoms with Gasteiger partial charge in [0.05, 0.1) is 19.8 Å². The molecule has 0 aliphatic carbocycles. The number of hydrogen-bond acceptors (Lipinski definition) is 5. The number of hydrogen-bond donors (Lipinski definition) is 2. The van der Waals surface area contributed by atoms with Crippen molar-refractivity contribution in [2.45, 2.75) is 20.4 Å². The standard InChI is InChI=1S/C17H20N2O3S2/c1-10-11(2)24-15(14(10)16(20)22-4)19-17(23)18-9-12-5-7-13(21-3)8-6-12/h5-8H,9H2,1-4H3,(H2,18,19,23). The Kier molecular flexibility index (Phi) is 6.16. The van der Waals surface area contributed by atoms with Crippen molar-refractivity contribution in [2.24, 2.45) is 0 Å². The fraction of sp³-hybridized carbons (Fsp3) is 0.294. The SMILES string of the molecule is COC(=O)c1c(NC(=S)NCc2ccc(OC)cc2)sc(C)c1C. The average molecular weight is 364 g/mol. The zero-order chi connectivity index (χ0) is 17.7. The van der Waals surface area contributed by atoms with Crippen molar-refractivity contribution < 1.29 is 14.3 Å². The van der Waals surface area contributed by atoms with E-state index in [1.54, 1.807) is 7.11 Å². The molecule has 24 heavy (non-hydrogen) atoms. The van der Waals surface area contributed by atoms with Gasteiger partial charge in [0.1, 0.15) is 10.8 Å². The number of nitrogens with one attached hydrogen (secondary N) is 2. The largest absolute Gasteiger partial charge is 0.497 e. The van der Waals surface area contributed by atoms with E-state index in [1.165, 1.54) is 18.4 Å². The van der Waals surface area contributed by atoms with Gasteiger partial charge in [0, 0.05) is 11.4 Å². The number of rotatable bonds is 5. The summed E-state index contributed by atoms with van der Waals surface area (Å²) in [6, 6.07) is 7.73. The second-order valence-corrected chi connectivity index (χ2v) is 6.77. The van der Waals surface area contributed by atoms with Crippen LogP contribution in [-0.4, -0.2) is 25.3 Å². The number of carbonyl (C=O) groups is 1. The summed E-state index contributed by atoms with van der Waals surface area (Å²) in [6.45, 7) is 4.44. The van der Waals surface area contributed by atoms with E-state index in [0.29, 0.717) is 22.2 Å². The molecule has 1 aromatic carbocycles. The maximum absolute atomic E-state index is 12.0. The summed E-state index contributed by atoms with van der Waals surface area (Å²) >= 11 is 6.81. The molecule has 5 nitrogen and oxygen atoms in total. The zero-order valence-corrected chi connectivity index (χ0v) is 15.7. The minimum absolute atomic E-state index is 0.364. The fourth-order valence-electron chi connectivity index (χ4n) is 2.14. The van der Waals surface area contributed by atoms with Crippen LogP contribution in [0.15, 0.2) is 24.3 Å². The highest BCUT2D eigenvalue weighted by molar-refractivity contribution is 7.80. The predicted octanol–water partition coefficient (Wildman–Crippen LogP) is 3.65. The molecule has 0 atom stereocenters. The van der Waals surface area contributed by atoms with Gasteiger partial charge in [-0.1, -0.05) is 12.1 Å². The minimum Gasteiger partial charge on any atom is -0.497 e. The molecule has 0 saturated heterocycles. The van der Waals surface area contributed by atoms with Crippen molar-refractivity contribution in [2.75, 3.05) is 19.5 Å². The van der Waals surface area contributed by atoms with Crippen LogP contribution in [0.1, 0.15) is 26.4 Å². The summed E-state index contributed by atoms with van der Waals surface area (Å²) in [6.07, 6.45) is 0. The van der Waals surface area contributed by atoms with Crippen LogP contribution in [0.4, 0.5) is 5.00 Å². The topological polar surface area (TPSA) is 59.6 Å². The highest BCUT2D eigenvalue weighted by Gasteiger charge is 2.20. The van der Waals surface area contributed by atoms with E-state index in [-0.39, 0.29) is 5.97 Å². The molecule has 0 unspecified atom stereocenters. The van der Waals surface area contributed by atoms with E-state index in [0.717, 1.165) is 21.8 Å². The molecule has 0 bridgehead atoms. The van der Waals surface area contributed by atoms with Crippen LogP contribution < -0.4 is 15.4 Å². The van der Waals surface area contributed by atoms with Crippen LogP contribution in [0.25, 0.3) is 0 Å². The average Bonchev–Trinajstić information content (AvgIpc) is 2.86. The first-order valence-electron chi connectivity index (χ1n) is 7.32. The summed E-state index contributed by atoms with van der Waals surface area (Å²) in [5.41, 5.74) is 2.52. The highest BCUT2D eigenvalue weighted by atomic mass is 32.1. The quantitative estimate of drug-likeness (QED) is 0.624. The van der Waals surface area contributed by atoms with Crippen molar-refractivity contribution in [3.63, 3.8) is 0 Å². The molecular weight excluding hydrogens is 344 g/mol. The third kappa shape index (κ3) is 4.24. The lowest BCUT2D eigenvalue weighted by Crippen LogP contribution is -2.28. The second-order valence-electron chi connectivity index (χ2n) is 5.13. The van der Waals surface area contributed by atoms with Crippen molar-refractivity contribution in [1.82, 2.24) is 5.32 Å². The molecule has 1 aromatic heterocycles. The van der Waals surface area contributed by atoms with Gasteiger partial charge in [0.15, 0.2) is 5.11 Å².